The molecule has 0 unspecified atom stereocenters. The minimum absolute atomic E-state index is 0.121. The van der Waals surface area contributed by atoms with E-state index in [1.807, 2.05) is 6.07 Å². The third-order valence-electron chi connectivity index (χ3n) is 1.94. The molecule has 7 nitrogen and oxygen atoms in total. The largest absolute Gasteiger partial charge is 0.354 e. The maximum atomic E-state index is 11.2. The minimum atomic E-state index is -0.121. The Morgan fingerprint density at radius 1 is 1.53 bits per heavy atom. The summed E-state index contributed by atoms with van der Waals surface area (Å²) in [6.07, 6.45) is 0.941. The van der Waals surface area contributed by atoms with Crippen LogP contribution in [-0.2, 0) is 11.2 Å². The fraction of sp³-hybridized carbons (Fsp3) is 0.600. The number of hydrogen-bond donors (Lipinski definition) is 2. The minimum Gasteiger partial charge on any atom is -0.354 e. The highest BCUT2D eigenvalue weighted by molar-refractivity contribution is 5.77. The van der Waals surface area contributed by atoms with E-state index in [0.29, 0.717) is 37.6 Å². The molecule has 1 amide bonds. The van der Waals surface area contributed by atoms with E-state index < -0.39 is 0 Å². The van der Waals surface area contributed by atoms with Crippen molar-refractivity contribution in [2.45, 2.75) is 19.8 Å². The second-order valence-corrected chi connectivity index (χ2v) is 3.41. The molecule has 0 saturated heterocycles. The van der Waals surface area contributed by atoms with E-state index in [2.05, 4.69) is 20.8 Å². The third-order valence-corrected chi connectivity index (χ3v) is 1.94. The summed E-state index contributed by atoms with van der Waals surface area (Å²) in [5.41, 5.74) is 0. The van der Waals surface area contributed by atoms with E-state index >= 15 is 0 Å². The molecular weight excluding hydrogens is 222 g/mol. The van der Waals surface area contributed by atoms with E-state index in [9.17, 15) is 4.79 Å². The van der Waals surface area contributed by atoms with Crippen LogP contribution in [-0.4, -0.2) is 35.7 Å². The third kappa shape index (κ3) is 5.63. The number of nitrogens with zero attached hydrogens (tertiary/aromatic N) is 3. The zero-order valence-electron chi connectivity index (χ0n) is 9.69. The van der Waals surface area contributed by atoms with Gasteiger partial charge in [0.15, 0.2) is 5.82 Å². The number of carbonyl (C=O) groups excluding carboxylic acids is 1. The normalized spacial score (nSPS) is 9.88. The Balaban J connectivity index is 2.04. The topological polar surface area (TPSA) is 104 Å². The number of amides is 1. The molecule has 0 aliphatic rings. The van der Waals surface area contributed by atoms with Crippen molar-refractivity contribution in [2.24, 2.45) is 0 Å². The molecule has 1 aromatic rings. The highest BCUT2D eigenvalue weighted by Crippen LogP contribution is 1.94. The summed E-state index contributed by atoms with van der Waals surface area (Å²) in [7, 11) is 0. The van der Waals surface area contributed by atoms with Crippen LogP contribution < -0.4 is 10.6 Å². The van der Waals surface area contributed by atoms with Gasteiger partial charge in [0.2, 0.25) is 11.8 Å². The van der Waals surface area contributed by atoms with Gasteiger partial charge in [-0.05, 0) is 0 Å². The van der Waals surface area contributed by atoms with Crippen molar-refractivity contribution in [3.63, 3.8) is 0 Å². The molecule has 2 N–H and O–H groups in total. The predicted octanol–water partition coefficient (Wildman–Crippen LogP) is -0.460. The highest BCUT2D eigenvalue weighted by atomic mass is 16.5. The quantitative estimate of drug-likeness (QED) is 0.622. The van der Waals surface area contributed by atoms with E-state index in [-0.39, 0.29) is 12.5 Å². The van der Waals surface area contributed by atoms with Gasteiger partial charge in [-0.1, -0.05) is 5.16 Å². The van der Waals surface area contributed by atoms with Crippen molar-refractivity contribution >= 4 is 5.91 Å². The zero-order chi connectivity index (χ0) is 12.5. The number of rotatable bonds is 7. The average Bonchev–Trinajstić information content (AvgIpc) is 2.71. The fourth-order valence-corrected chi connectivity index (χ4v) is 1.17. The molecule has 7 heteroatoms. The maximum absolute atomic E-state index is 11.2. The van der Waals surface area contributed by atoms with Gasteiger partial charge in [-0.15, -0.1) is 0 Å². The van der Waals surface area contributed by atoms with Crippen molar-refractivity contribution in [1.29, 1.82) is 5.26 Å². The molecule has 0 radical (unpaired) electrons. The van der Waals surface area contributed by atoms with Crippen LogP contribution in [0.2, 0.25) is 0 Å². The van der Waals surface area contributed by atoms with Crippen molar-refractivity contribution in [1.82, 2.24) is 20.8 Å². The van der Waals surface area contributed by atoms with Crippen LogP contribution in [0.5, 0.6) is 0 Å². The molecule has 92 valence electrons. The monoisotopic (exact) mass is 237 g/mol. The van der Waals surface area contributed by atoms with Gasteiger partial charge in [0.05, 0.1) is 19.0 Å². The Morgan fingerprint density at radius 3 is 3.00 bits per heavy atom. The summed E-state index contributed by atoms with van der Waals surface area (Å²) in [5, 5.41) is 17.6. The summed E-state index contributed by atoms with van der Waals surface area (Å²) in [6, 6.07) is 1.95. The van der Waals surface area contributed by atoms with E-state index in [0.717, 1.165) is 0 Å². The molecule has 0 aliphatic heterocycles. The summed E-state index contributed by atoms with van der Waals surface area (Å²) in [4.78, 5) is 15.2. The Bertz CT molecular complexity index is 396. The lowest BCUT2D eigenvalue weighted by molar-refractivity contribution is -0.120. The summed E-state index contributed by atoms with van der Waals surface area (Å²) in [6.45, 7) is 2.94. The Morgan fingerprint density at radius 2 is 2.35 bits per heavy atom. The lowest BCUT2D eigenvalue weighted by Crippen LogP contribution is -2.35. The Hall–Kier alpha value is -1.94. The smallest absolute Gasteiger partial charge is 0.233 e. The number of hydrogen-bond acceptors (Lipinski definition) is 6. The number of carbonyl (C=O) groups is 1. The lowest BCUT2D eigenvalue weighted by Gasteiger charge is -2.03. The van der Waals surface area contributed by atoms with Gasteiger partial charge < -0.3 is 15.2 Å². The molecule has 1 heterocycles. The standard InChI is InChI=1S/C10H15N5O2/c1-8-14-9(15-17-8)3-6-12-7-10(16)13-5-2-4-11/h12H,2-3,5-7H2,1H3,(H,13,16). The van der Waals surface area contributed by atoms with Gasteiger partial charge in [0.1, 0.15) is 0 Å². The first-order valence-corrected chi connectivity index (χ1v) is 5.36. The SMILES string of the molecule is Cc1nc(CCNCC(=O)NCCC#N)no1. The zero-order valence-corrected chi connectivity index (χ0v) is 9.69. The molecule has 17 heavy (non-hydrogen) atoms. The maximum Gasteiger partial charge on any atom is 0.233 e. The van der Waals surface area contributed by atoms with Crippen LogP contribution >= 0.6 is 0 Å². The second kappa shape index (κ2) is 7.35. The van der Waals surface area contributed by atoms with Crippen LogP contribution in [0.3, 0.4) is 0 Å². The average molecular weight is 237 g/mol. The van der Waals surface area contributed by atoms with Crippen molar-refractivity contribution < 1.29 is 9.32 Å². The van der Waals surface area contributed by atoms with Gasteiger partial charge in [0, 0.05) is 26.4 Å². The van der Waals surface area contributed by atoms with E-state index in [4.69, 9.17) is 9.78 Å². The molecule has 0 aliphatic carbocycles. The van der Waals surface area contributed by atoms with Crippen molar-refractivity contribution in [3.8, 4) is 6.07 Å². The number of aryl methyl sites for hydroxylation is 1. The number of nitriles is 1. The molecule has 1 aromatic heterocycles. The second-order valence-electron chi connectivity index (χ2n) is 3.41. The predicted molar refractivity (Wildman–Crippen MR) is 58.8 cm³/mol. The first kappa shape index (κ1) is 13.1. The molecule has 0 spiro atoms. The first-order valence-electron chi connectivity index (χ1n) is 5.36. The summed E-state index contributed by atoms with van der Waals surface area (Å²) in [5.74, 6) is 1.04. The van der Waals surface area contributed by atoms with Gasteiger partial charge in [-0.2, -0.15) is 10.2 Å². The van der Waals surface area contributed by atoms with Crippen LogP contribution in [0, 0.1) is 18.3 Å². The highest BCUT2D eigenvalue weighted by Gasteiger charge is 2.03. The van der Waals surface area contributed by atoms with Gasteiger partial charge in [-0.25, -0.2) is 0 Å². The molecule has 0 aromatic carbocycles. The van der Waals surface area contributed by atoms with Crippen LogP contribution in [0.1, 0.15) is 18.1 Å². The molecule has 0 bridgehead atoms. The van der Waals surface area contributed by atoms with Gasteiger partial charge in [0.25, 0.3) is 0 Å². The Labute approximate surface area is 99.2 Å². The van der Waals surface area contributed by atoms with Gasteiger partial charge in [-0.3, -0.25) is 4.79 Å². The summed E-state index contributed by atoms with van der Waals surface area (Å²) >= 11 is 0. The molecule has 0 saturated carbocycles. The van der Waals surface area contributed by atoms with E-state index in [1.165, 1.54) is 0 Å². The van der Waals surface area contributed by atoms with Gasteiger partial charge >= 0.3 is 0 Å². The van der Waals surface area contributed by atoms with Crippen molar-refractivity contribution in [2.75, 3.05) is 19.6 Å². The molecular formula is C10H15N5O2. The summed E-state index contributed by atoms with van der Waals surface area (Å²) < 4.78 is 4.81. The van der Waals surface area contributed by atoms with Crippen LogP contribution in [0.4, 0.5) is 0 Å². The Kier molecular flexibility index (Phi) is 5.68. The number of nitrogens with one attached hydrogen (secondary N) is 2. The van der Waals surface area contributed by atoms with Crippen LogP contribution in [0.15, 0.2) is 4.52 Å². The number of aromatic nitrogens is 2. The molecule has 1 rings (SSSR count). The lowest BCUT2D eigenvalue weighted by atomic mass is 10.4. The van der Waals surface area contributed by atoms with Crippen molar-refractivity contribution in [3.05, 3.63) is 11.7 Å². The molecule has 0 atom stereocenters. The van der Waals surface area contributed by atoms with E-state index in [1.54, 1.807) is 6.92 Å². The molecule has 0 fully saturated rings. The first-order chi connectivity index (χ1) is 8.22. The van der Waals surface area contributed by atoms with Crippen LogP contribution in [0.25, 0.3) is 0 Å². The fourth-order valence-electron chi connectivity index (χ4n) is 1.17.